The Morgan fingerprint density at radius 3 is 0.708 bits per heavy atom. The van der Waals surface area contributed by atoms with Crippen molar-refractivity contribution in [3.63, 3.8) is 0 Å². The molecule has 1 rings (SSSR count). The van der Waals surface area contributed by atoms with Crippen molar-refractivity contribution < 1.29 is 0 Å². The first-order valence-corrected chi connectivity index (χ1v) is 11.7. The van der Waals surface area contributed by atoms with Crippen LogP contribution in [0.5, 0.6) is 0 Å². The van der Waals surface area contributed by atoms with E-state index in [9.17, 15) is 0 Å². The van der Waals surface area contributed by atoms with Crippen LogP contribution < -0.4 is 20.4 Å². The zero-order chi connectivity index (χ0) is 19.1. The lowest BCUT2D eigenvalue weighted by molar-refractivity contribution is 0.111. The van der Waals surface area contributed by atoms with Gasteiger partial charge in [0.15, 0.2) is 0 Å². The van der Waals surface area contributed by atoms with Gasteiger partial charge in [-0.3, -0.25) is 29.5 Å². The minimum absolute atomic E-state index is 0.0773. The predicted octanol–water partition coefficient (Wildman–Crippen LogP) is 1.96. The number of hydrazine groups is 2. The summed E-state index contributed by atoms with van der Waals surface area (Å²) in [6.07, 6.45) is 0. The van der Waals surface area contributed by atoms with E-state index in [-0.39, 0.29) is 22.2 Å². The third-order valence-corrected chi connectivity index (χ3v) is 9.25. The molecule has 142 valence electrons. The van der Waals surface area contributed by atoms with Crippen molar-refractivity contribution in [3.8, 4) is 0 Å². The Hall–Kier alpha value is 0.194. The minimum Gasteiger partial charge on any atom is -0.288 e. The fraction of sp³-hybridized carbons (Fsp3) is 1.00. The summed E-state index contributed by atoms with van der Waals surface area (Å²) < 4.78 is 5.09. The summed E-state index contributed by atoms with van der Waals surface area (Å²) in [5.74, 6) is 0. The number of hydrogen-bond acceptors (Lipinski definition) is 6. The molecule has 8 heteroatoms. The maximum Gasteiger partial charge on any atom is 0.350 e. The lowest BCUT2D eigenvalue weighted by atomic mass is 10.0. The zero-order valence-electron chi connectivity index (χ0n) is 17.9. The number of nitrogens with one attached hydrogen (secondary N) is 4. The average Bonchev–Trinajstić information content (AvgIpc) is 2.23. The summed E-state index contributed by atoms with van der Waals surface area (Å²) in [5, 5.41) is 14.5. The van der Waals surface area contributed by atoms with E-state index in [1.807, 2.05) is 0 Å². The Labute approximate surface area is 153 Å². The first-order valence-electron chi connectivity index (χ1n) is 8.84. The standard InChI is InChI=1S/C16H40N6Si2/c1-13(2,3)21(14(4,5)6)23-17-19-24(20-18-23)22(15(7,8)9)16(10,11)12/h17-20H,1-12H3. The molecule has 4 N–H and O–H groups in total. The first-order chi connectivity index (χ1) is 10.5. The van der Waals surface area contributed by atoms with Crippen molar-refractivity contribution >= 4 is 18.6 Å². The van der Waals surface area contributed by atoms with Gasteiger partial charge in [0, 0.05) is 22.2 Å². The molecule has 1 fully saturated rings. The molecule has 0 aromatic heterocycles. The van der Waals surface area contributed by atoms with Crippen LogP contribution in [0.3, 0.4) is 0 Å². The maximum absolute atomic E-state index is 3.61. The van der Waals surface area contributed by atoms with Crippen LogP contribution >= 0.6 is 0 Å². The molecule has 1 aliphatic rings. The lowest BCUT2D eigenvalue weighted by Crippen LogP contribution is -2.86. The third kappa shape index (κ3) is 5.60. The molecule has 0 amide bonds. The molecule has 0 aliphatic carbocycles. The van der Waals surface area contributed by atoms with Gasteiger partial charge in [-0.15, -0.1) is 0 Å². The molecular weight excluding hydrogens is 332 g/mol. The van der Waals surface area contributed by atoms with Crippen LogP contribution in [-0.2, 0) is 0 Å². The van der Waals surface area contributed by atoms with E-state index in [1.165, 1.54) is 0 Å². The highest BCUT2D eigenvalue weighted by atomic mass is 28.3. The van der Waals surface area contributed by atoms with Crippen LogP contribution in [0.25, 0.3) is 0 Å². The van der Waals surface area contributed by atoms with Crippen molar-refractivity contribution in [2.45, 2.75) is 105 Å². The van der Waals surface area contributed by atoms with Crippen molar-refractivity contribution in [2.75, 3.05) is 0 Å². The van der Waals surface area contributed by atoms with E-state index in [0.717, 1.165) is 0 Å². The predicted molar refractivity (Wildman–Crippen MR) is 107 cm³/mol. The van der Waals surface area contributed by atoms with E-state index in [4.69, 9.17) is 0 Å². The van der Waals surface area contributed by atoms with E-state index in [1.54, 1.807) is 0 Å². The summed E-state index contributed by atoms with van der Waals surface area (Å²) in [6.45, 7) is 27.3. The Morgan fingerprint density at radius 1 is 0.417 bits per heavy atom. The molecule has 0 aromatic rings. The van der Waals surface area contributed by atoms with Crippen LogP contribution in [0.15, 0.2) is 0 Å². The van der Waals surface area contributed by atoms with Crippen molar-refractivity contribution in [3.05, 3.63) is 0 Å². The van der Waals surface area contributed by atoms with Crippen molar-refractivity contribution in [1.82, 2.24) is 29.5 Å². The summed E-state index contributed by atoms with van der Waals surface area (Å²) in [4.78, 5) is 0. The fourth-order valence-corrected chi connectivity index (χ4v) is 9.03. The molecular formula is C16H40N6Si2. The second-order valence-electron chi connectivity index (χ2n) is 10.6. The van der Waals surface area contributed by atoms with Gasteiger partial charge in [-0.05, 0) is 83.1 Å². The molecule has 0 atom stereocenters. The second kappa shape index (κ2) is 7.07. The Morgan fingerprint density at radius 2 is 0.583 bits per heavy atom. The van der Waals surface area contributed by atoms with Gasteiger partial charge >= 0.3 is 18.6 Å². The lowest BCUT2D eigenvalue weighted by Gasteiger charge is -2.53. The van der Waals surface area contributed by atoms with Crippen LogP contribution in [0, 0.1) is 0 Å². The highest BCUT2D eigenvalue weighted by Gasteiger charge is 2.46. The Bertz CT molecular complexity index is 340. The minimum atomic E-state index is -1.15. The number of nitrogens with zero attached hydrogens (tertiary/aromatic N) is 2. The molecule has 1 saturated heterocycles. The van der Waals surface area contributed by atoms with E-state index in [2.05, 4.69) is 113 Å². The molecule has 6 nitrogen and oxygen atoms in total. The molecule has 0 spiro atoms. The Balaban J connectivity index is 2.92. The molecule has 0 bridgehead atoms. The molecule has 2 radical (unpaired) electrons. The van der Waals surface area contributed by atoms with Crippen molar-refractivity contribution in [2.24, 2.45) is 0 Å². The quantitative estimate of drug-likeness (QED) is 0.556. The molecule has 1 aliphatic heterocycles. The molecule has 1 heterocycles. The highest BCUT2D eigenvalue weighted by Crippen LogP contribution is 2.27. The topological polar surface area (TPSA) is 54.6 Å². The molecule has 0 saturated carbocycles. The van der Waals surface area contributed by atoms with E-state index < -0.39 is 18.6 Å². The van der Waals surface area contributed by atoms with Gasteiger partial charge in [-0.1, -0.05) is 0 Å². The Kier molecular flexibility index (Phi) is 6.55. The van der Waals surface area contributed by atoms with Gasteiger partial charge in [-0.2, -0.15) is 0 Å². The summed E-state index contributed by atoms with van der Waals surface area (Å²) >= 11 is 0. The first kappa shape index (κ1) is 22.2. The summed E-state index contributed by atoms with van der Waals surface area (Å²) in [7, 11) is -2.29. The van der Waals surface area contributed by atoms with Crippen LogP contribution in [0.4, 0.5) is 0 Å². The maximum atomic E-state index is 3.61. The van der Waals surface area contributed by atoms with Gasteiger partial charge in [0.05, 0.1) is 0 Å². The smallest absolute Gasteiger partial charge is 0.288 e. The van der Waals surface area contributed by atoms with Gasteiger partial charge in [0.1, 0.15) is 0 Å². The van der Waals surface area contributed by atoms with Gasteiger partial charge in [0.2, 0.25) is 0 Å². The summed E-state index contributed by atoms with van der Waals surface area (Å²) in [6, 6.07) is 0. The van der Waals surface area contributed by atoms with Crippen LogP contribution in [0.1, 0.15) is 83.1 Å². The van der Waals surface area contributed by atoms with Crippen LogP contribution in [0.2, 0.25) is 0 Å². The largest absolute Gasteiger partial charge is 0.350 e. The summed E-state index contributed by atoms with van der Waals surface area (Å²) in [5.41, 5.74) is 0.309. The third-order valence-electron chi connectivity index (χ3n) is 3.73. The number of rotatable bonds is 2. The average molecular weight is 373 g/mol. The second-order valence-corrected chi connectivity index (χ2v) is 13.8. The molecule has 0 aromatic carbocycles. The normalized spacial score (nSPS) is 20.2. The SMILES string of the molecule is CC(C)(C)N([Si]1NN[Si](N(C(C)(C)C)C(C)(C)C)NN1)C(C)(C)C. The van der Waals surface area contributed by atoms with Crippen molar-refractivity contribution in [1.29, 1.82) is 0 Å². The zero-order valence-corrected chi connectivity index (χ0v) is 19.9. The molecule has 0 unspecified atom stereocenters. The van der Waals surface area contributed by atoms with E-state index >= 15 is 0 Å². The highest BCUT2D eigenvalue weighted by molar-refractivity contribution is 6.59. The van der Waals surface area contributed by atoms with Gasteiger partial charge < -0.3 is 0 Å². The van der Waals surface area contributed by atoms with Gasteiger partial charge in [0.25, 0.3) is 0 Å². The monoisotopic (exact) mass is 372 g/mol. The number of hydrogen-bond donors (Lipinski definition) is 4. The van der Waals surface area contributed by atoms with Gasteiger partial charge in [-0.25, -0.2) is 0 Å². The fourth-order valence-electron chi connectivity index (χ4n) is 3.88. The molecule has 24 heavy (non-hydrogen) atoms. The van der Waals surface area contributed by atoms with Crippen LogP contribution in [-0.4, -0.2) is 49.8 Å². The van der Waals surface area contributed by atoms with E-state index in [0.29, 0.717) is 0 Å².